The van der Waals surface area contributed by atoms with Crippen LogP contribution in [0.25, 0.3) is 0 Å². The van der Waals surface area contributed by atoms with Gasteiger partial charge in [-0.05, 0) is 42.5 Å². The number of halogens is 3. The van der Waals surface area contributed by atoms with Crippen molar-refractivity contribution in [3.8, 4) is 5.75 Å². The standard InChI is InChI=1S/C21H14BrCl2NO3/c22-14-6-4-13(5-7-14)20(26)12-28-17-3-1-2-16(11-17)25-21(27)18-9-8-15(23)10-19(18)24/h1-11H,12H2,(H,25,27). The van der Waals surface area contributed by atoms with Crippen molar-refractivity contribution in [2.75, 3.05) is 11.9 Å². The first kappa shape index (κ1) is 20.4. The summed E-state index contributed by atoms with van der Waals surface area (Å²) in [5.41, 5.74) is 1.39. The minimum absolute atomic E-state index is 0.109. The maximum Gasteiger partial charge on any atom is 0.257 e. The molecule has 4 nitrogen and oxygen atoms in total. The fourth-order valence-corrected chi connectivity index (χ4v) is 3.16. The Hall–Kier alpha value is -2.34. The molecule has 0 aliphatic carbocycles. The van der Waals surface area contributed by atoms with Crippen molar-refractivity contribution in [1.29, 1.82) is 0 Å². The molecule has 0 bridgehead atoms. The topological polar surface area (TPSA) is 55.4 Å². The Kier molecular flexibility index (Phi) is 6.73. The van der Waals surface area contributed by atoms with Crippen LogP contribution in [0.5, 0.6) is 5.75 Å². The van der Waals surface area contributed by atoms with E-state index in [2.05, 4.69) is 21.2 Å². The van der Waals surface area contributed by atoms with Crippen molar-refractivity contribution >= 4 is 56.5 Å². The number of hydrogen-bond donors (Lipinski definition) is 1. The van der Waals surface area contributed by atoms with Crippen LogP contribution in [-0.4, -0.2) is 18.3 Å². The molecule has 1 N–H and O–H groups in total. The van der Waals surface area contributed by atoms with E-state index < -0.39 is 0 Å². The fraction of sp³-hybridized carbons (Fsp3) is 0.0476. The highest BCUT2D eigenvalue weighted by molar-refractivity contribution is 9.10. The van der Waals surface area contributed by atoms with E-state index >= 15 is 0 Å². The molecule has 1 amide bonds. The lowest BCUT2D eigenvalue weighted by atomic mass is 10.1. The molecule has 3 aromatic rings. The van der Waals surface area contributed by atoms with E-state index in [-0.39, 0.29) is 23.3 Å². The van der Waals surface area contributed by atoms with Crippen molar-refractivity contribution < 1.29 is 14.3 Å². The largest absolute Gasteiger partial charge is 0.485 e. The lowest BCUT2D eigenvalue weighted by molar-refractivity contribution is 0.0920. The third-order valence-corrected chi connectivity index (χ3v) is 4.88. The van der Waals surface area contributed by atoms with Crippen molar-refractivity contribution in [2.45, 2.75) is 0 Å². The predicted molar refractivity (Wildman–Crippen MR) is 115 cm³/mol. The third kappa shape index (κ3) is 5.35. The molecule has 0 saturated carbocycles. The van der Waals surface area contributed by atoms with Crippen LogP contribution in [0.4, 0.5) is 5.69 Å². The van der Waals surface area contributed by atoms with Gasteiger partial charge in [-0.25, -0.2) is 0 Å². The molecular formula is C21H14BrCl2NO3. The van der Waals surface area contributed by atoms with Gasteiger partial charge in [0.05, 0.1) is 10.6 Å². The number of anilines is 1. The van der Waals surface area contributed by atoms with Crippen LogP contribution in [0.3, 0.4) is 0 Å². The first-order valence-corrected chi connectivity index (χ1v) is 9.75. The third-order valence-electron chi connectivity index (χ3n) is 3.80. The molecule has 0 spiro atoms. The first-order valence-electron chi connectivity index (χ1n) is 8.20. The molecule has 0 saturated heterocycles. The summed E-state index contributed by atoms with van der Waals surface area (Å²) >= 11 is 15.2. The second-order valence-electron chi connectivity index (χ2n) is 5.82. The minimum Gasteiger partial charge on any atom is -0.485 e. The van der Waals surface area contributed by atoms with Gasteiger partial charge in [-0.2, -0.15) is 0 Å². The van der Waals surface area contributed by atoms with Crippen molar-refractivity contribution in [1.82, 2.24) is 0 Å². The number of Topliss-reactive ketones (excluding diaryl/α,β-unsaturated/α-hetero) is 1. The van der Waals surface area contributed by atoms with Crippen molar-refractivity contribution in [2.24, 2.45) is 0 Å². The molecule has 0 atom stereocenters. The second-order valence-corrected chi connectivity index (χ2v) is 7.58. The molecule has 0 radical (unpaired) electrons. The van der Waals surface area contributed by atoms with E-state index in [1.807, 2.05) is 0 Å². The van der Waals surface area contributed by atoms with Gasteiger partial charge in [0.15, 0.2) is 12.4 Å². The Bertz CT molecular complexity index is 1020. The summed E-state index contributed by atoms with van der Waals surface area (Å²) in [4.78, 5) is 24.6. The van der Waals surface area contributed by atoms with Crippen LogP contribution < -0.4 is 10.1 Å². The number of nitrogens with one attached hydrogen (secondary N) is 1. The average molecular weight is 479 g/mol. The normalized spacial score (nSPS) is 10.4. The molecule has 142 valence electrons. The number of carbonyl (C=O) groups is 2. The molecule has 0 aliphatic heterocycles. The highest BCUT2D eigenvalue weighted by Crippen LogP contribution is 2.23. The predicted octanol–water partition coefficient (Wildman–Crippen LogP) is 6.27. The van der Waals surface area contributed by atoms with E-state index in [9.17, 15) is 9.59 Å². The Morgan fingerprint density at radius 2 is 1.71 bits per heavy atom. The van der Waals surface area contributed by atoms with Crippen LogP contribution in [-0.2, 0) is 0 Å². The molecule has 0 aromatic heterocycles. The van der Waals surface area contributed by atoms with Gasteiger partial charge >= 0.3 is 0 Å². The van der Waals surface area contributed by atoms with Crippen LogP contribution in [0.2, 0.25) is 10.0 Å². The molecule has 7 heteroatoms. The zero-order valence-corrected chi connectivity index (χ0v) is 17.5. The minimum atomic E-state index is -0.371. The van der Waals surface area contributed by atoms with E-state index in [4.69, 9.17) is 27.9 Å². The molecule has 0 unspecified atom stereocenters. The number of ketones is 1. The van der Waals surface area contributed by atoms with Crippen LogP contribution in [0, 0.1) is 0 Å². The smallest absolute Gasteiger partial charge is 0.257 e. The number of ether oxygens (including phenoxy) is 1. The van der Waals surface area contributed by atoms with E-state index in [0.29, 0.717) is 27.6 Å². The fourth-order valence-electron chi connectivity index (χ4n) is 2.40. The summed E-state index contributed by atoms with van der Waals surface area (Å²) in [5, 5.41) is 3.46. The maximum atomic E-state index is 12.4. The average Bonchev–Trinajstić information content (AvgIpc) is 2.67. The van der Waals surface area contributed by atoms with Gasteiger partial charge in [-0.15, -0.1) is 0 Å². The summed E-state index contributed by atoms with van der Waals surface area (Å²) in [6.45, 7) is -0.109. The highest BCUT2D eigenvalue weighted by atomic mass is 79.9. The van der Waals surface area contributed by atoms with Crippen LogP contribution >= 0.6 is 39.1 Å². The molecule has 28 heavy (non-hydrogen) atoms. The Labute approximate surface area is 180 Å². The van der Waals surface area contributed by atoms with E-state index in [1.54, 1.807) is 60.7 Å². The van der Waals surface area contributed by atoms with E-state index in [0.717, 1.165) is 4.47 Å². The number of amides is 1. The van der Waals surface area contributed by atoms with Crippen LogP contribution in [0.1, 0.15) is 20.7 Å². The lowest BCUT2D eigenvalue weighted by Crippen LogP contribution is -2.13. The quantitative estimate of drug-likeness (QED) is 0.424. The van der Waals surface area contributed by atoms with Gasteiger partial charge in [0, 0.05) is 26.8 Å². The van der Waals surface area contributed by atoms with Gasteiger partial charge in [0.1, 0.15) is 5.75 Å². The van der Waals surface area contributed by atoms with Gasteiger partial charge in [-0.1, -0.05) is 57.3 Å². The molecule has 0 heterocycles. The molecule has 0 fully saturated rings. The highest BCUT2D eigenvalue weighted by Gasteiger charge is 2.12. The lowest BCUT2D eigenvalue weighted by Gasteiger charge is -2.10. The maximum absolute atomic E-state index is 12.4. The second kappa shape index (κ2) is 9.24. The molecule has 3 rings (SSSR count). The summed E-state index contributed by atoms with van der Waals surface area (Å²) in [5.74, 6) is -0.0508. The van der Waals surface area contributed by atoms with Gasteiger partial charge in [0.25, 0.3) is 5.91 Å². The number of rotatable bonds is 6. The number of carbonyl (C=O) groups excluding carboxylic acids is 2. The summed E-state index contributed by atoms with van der Waals surface area (Å²) < 4.78 is 6.46. The number of hydrogen-bond acceptors (Lipinski definition) is 3. The van der Waals surface area contributed by atoms with Gasteiger partial charge in [-0.3, -0.25) is 9.59 Å². The molecular weight excluding hydrogens is 465 g/mol. The zero-order chi connectivity index (χ0) is 20.1. The summed E-state index contributed by atoms with van der Waals surface area (Å²) in [6, 6.07) is 18.5. The van der Waals surface area contributed by atoms with Crippen molar-refractivity contribution in [3.63, 3.8) is 0 Å². The Morgan fingerprint density at radius 1 is 0.964 bits per heavy atom. The van der Waals surface area contributed by atoms with Gasteiger partial charge in [0.2, 0.25) is 0 Å². The molecule has 3 aromatic carbocycles. The summed E-state index contributed by atoms with van der Waals surface area (Å²) in [7, 11) is 0. The first-order chi connectivity index (χ1) is 13.4. The summed E-state index contributed by atoms with van der Waals surface area (Å²) in [6.07, 6.45) is 0. The van der Waals surface area contributed by atoms with E-state index in [1.165, 1.54) is 6.07 Å². The monoisotopic (exact) mass is 477 g/mol. The Morgan fingerprint density at radius 3 is 2.43 bits per heavy atom. The molecule has 0 aliphatic rings. The van der Waals surface area contributed by atoms with Crippen molar-refractivity contribution in [3.05, 3.63) is 92.4 Å². The van der Waals surface area contributed by atoms with Gasteiger partial charge < -0.3 is 10.1 Å². The van der Waals surface area contributed by atoms with Crippen LogP contribution in [0.15, 0.2) is 71.2 Å². The zero-order valence-electron chi connectivity index (χ0n) is 14.4. The SMILES string of the molecule is O=C(COc1cccc(NC(=O)c2ccc(Cl)cc2Cl)c1)c1ccc(Br)cc1. The Balaban J connectivity index is 1.64. The number of benzene rings is 3.